The molecule has 0 unspecified atom stereocenters. The number of fused-ring (bicyclic) bond motifs is 1. The third-order valence-corrected chi connectivity index (χ3v) is 6.54. The Morgan fingerprint density at radius 2 is 1.97 bits per heavy atom. The minimum Gasteiger partial charge on any atom is -0.490 e. The summed E-state index contributed by atoms with van der Waals surface area (Å²) in [5.74, 6) is 0.222. The lowest BCUT2D eigenvalue weighted by molar-refractivity contribution is -0.136. The van der Waals surface area contributed by atoms with E-state index in [1.165, 1.54) is 7.11 Å². The van der Waals surface area contributed by atoms with E-state index in [1.54, 1.807) is 31.3 Å². The third-order valence-electron chi connectivity index (χ3n) is 6.54. The molecule has 0 aliphatic carbocycles. The first-order valence-electron chi connectivity index (χ1n) is 12.5. The average Bonchev–Trinajstić information content (AvgIpc) is 3.16. The highest BCUT2D eigenvalue weighted by Gasteiger charge is 2.32. The Balaban J connectivity index is 1.46. The van der Waals surface area contributed by atoms with E-state index >= 15 is 0 Å². The Morgan fingerprint density at radius 3 is 2.72 bits per heavy atom. The summed E-state index contributed by atoms with van der Waals surface area (Å²) in [5, 5.41) is 21.1. The van der Waals surface area contributed by atoms with Gasteiger partial charge in [-0.3, -0.25) is 5.43 Å². The Hall–Kier alpha value is -4.51. The number of benzene rings is 2. The largest absolute Gasteiger partial charge is 0.490 e. The number of hydrogen-bond donors (Lipinski definition) is 4. The molecule has 2 heterocycles. The molecule has 0 spiro atoms. The average molecular weight is 536 g/mol. The number of ether oxygens (including phenoxy) is 3. The van der Waals surface area contributed by atoms with Crippen LogP contribution in [0.5, 0.6) is 11.5 Å². The van der Waals surface area contributed by atoms with Crippen LogP contribution in [0.2, 0.25) is 0 Å². The first-order valence-corrected chi connectivity index (χ1v) is 12.5. The van der Waals surface area contributed by atoms with Gasteiger partial charge in [0.05, 0.1) is 31.5 Å². The van der Waals surface area contributed by atoms with E-state index < -0.39 is 24.3 Å². The monoisotopic (exact) mass is 535 g/mol. The predicted octanol–water partition coefficient (Wildman–Crippen LogP) is 3.01. The van der Waals surface area contributed by atoms with Gasteiger partial charge in [-0.2, -0.15) is 5.10 Å². The van der Waals surface area contributed by atoms with E-state index in [0.717, 1.165) is 22.2 Å². The maximum absolute atomic E-state index is 12.4. The Morgan fingerprint density at radius 1 is 1.21 bits per heavy atom. The number of aliphatic hydroxyl groups excluding tert-OH is 1. The molecule has 1 aromatic heterocycles. The molecule has 2 amide bonds. The minimum atomic E-state index is -1.09. The molecule has 0 bridgehead atoms. The van der Waals surface area contributed by atoms with Crippen LogP contribution < -0.4 is 25.5 Å². The van der Waals surface area contributed by atoms with Gasteiger partial charge in [0.2, 0.25) is 0 Å². The van der Waals surface area contributed by atoms with Crippen molar-refractivity contribution in [3.63, 3.8) is 0 Å². The molecule has 1 aliphatic rings. The number of hydrogen-bond acceptors (Lipinski definition) is 8. The van der Waals surface area contributed by atoms with E-state index in [0.29, 0.717) is 29.4 Å². The van der Waals surface area contributed by atoms with Crippen molar-refractivity contribution in [2.24, 2.45) is 12.1 Å². The van der Waals surface area contributed by atoms with E-state index in [2.05, 4.69) is 25.7 Å². The molecule has 4 rings (SSSR count). The van der Waals surface area contributed by atoms with E-state index in [4.69, 9.17) is 14.2 Å². The fraction of sp³-hybridized carbons (Fsp3) is 0.321. The first kappa shape index (κ1) is 27.5. The Labute approximate surface area is 226 Å². The molecule has 0 saturated carbocycles. The fourth-order valence-corrected chi connectivity index (χ4v) is 4.52. The van der Waals surface area contributed by atoms with Gasteiger partial charge in [0.25, 0.3) is 0 Å². The molecule has 3 aromatic rings. The van der Waals surface area contributed by atoms with Gasteiger partial charge in [0.15, 0.2) is 17.7 Å². The zero-order valence-corrected chi connectivity index (χ0v) is 22.6. The first-order chi connectivity index (χ1) is 18.7. The lowest BCUT2D eigenvalue weighted by Crippen LogP contribution is -2.45. The second-order valence-electron chi connectivity index (χ2n) is 8.99. The van der Waals surface area contributed by atoms with Crippen molar-refractivity contribution >= 4 is 29.1 Å². The number of esters is 1. The molecule has 0 radical (unpaired) electrons. The van der Waals surface area contributed by atoms with Crippen molar-refractivity contribution in [2.75, 3.05) is 20.3 Å². The lowest BCUT2D eigenvalue weighted by Gasteiger charge is -2.28. The van der Waals surface area contributed by atoms with Gasteiger partial charge in [0.1, 0.15) is 6.61 Å². The van der Waals surface area contributed by atoms with Crippen LogP contribution in [0.4, 0.5) is 4.79 Å². The summed E-state index contributed by atoms with van der Waals surface area (Å²) in [4.78, 5) is 24.5. The molecule has 1 aliphatic heterocycles. The maximum atomic E-state index is 12.4. The van der Waals surface area contributed by atoms with Crippen LogP contribution in [0.15, 0.2) is 58.8 Å². The van der Waals surface area contributed by atoms with Crippen molar-refractivity contribution in [3.8, 4) is 11.5 Å². The van der Waals surface area contributed by atoms with E-state index in [-0.39, 0.29) is 12.2 Å². The Kier molecular flexibility index (Phi) is 8.40. The van der Waals surface area contributed by atoms with Crippen LogP contribution in [-0.2, 0) is 16.6 Å². The number of nitrogens with zero attached hydrogens (tertiary/aromatic N) is 2. The summed E-state index contributed by atoms with van der Waals surface area (Å²) in [6.07, 6.45) is 0.592. The van der Waals surface area contributed by atoms with Gasteiger partial charge >= 0.3 is 12.0 Å². The highest BCUT2D eigenvalue weighted by Crippen LogP contribution is 2.35. The smallest absolute Gasteiger partial charge is 0.337 e. The van der Waals surface area contributed by atoms with Crippen molar-refractivity contribution in [3.05, 3.63) is 70.6 Å². The highest BCUT2D eigenvalue weighted by atomic mass is 16.5. The zero-order chi connectivity index (χ0) is 28.1. The van der Waals surface area contributed by atoms with Crippen molar-refractivity contribution in [1.82, 2.24) is 20.6 Å². The van der Waals surface area contributed by atoms with Crippen molar-refractivity contribution in [2.45, 2.75) is 33.0 Å². The van der Waals surface area contributed by atoms with Crippen molar-refractivity contribution in [1.29, 1.82) is 0 Å². The molecule has 0 fully saturated rings. The SMILES string of the molecule is CCOc1cc([C@@H]2NC(=O)NC(C)=C2C(=O)OC)ccc1OC[C@H](O)N/N=C\c1c(C)n(C)c2ccccc12. The van der Waals surface area contributed by atoms with Crippen LogP contribution in [0.1, 0.15) is 36.7 Å². The van der Waals surface area contributed by atoms with Gasteiger partial charge in [0, 0.05) is 34.9 Å². The van der Waals surface area contributed by atoms with Crippen LogP contribution in [0, 0.1) is 6.92 Å². The molecular formula is C28H33N5O6. The van der Waals surface area contributed by atoms with Gasteiger partial charge in [-0.1, -0.05) is 24.3 Å². The molecular weight excluding hydrogens is 502 g/mol. The van der Waals surface area contributed by atoms with Crippen LogP contribution in [-0.4, -0.2) is 54.4 Å². The number of aryl methyl sites for hydroxylation is 1. The standard InChI is InChI=1S/C28H33N5O6/c1-6-38-23-13-18(26-25(27(35)37-5)16(2)30-28(36)31-26)11-12-22(23)39-15-24(34)32-29-14-20-17(3)33(4)21-10-8-7-9-19(20)21/h7-14,24,26,32,34H,6,15H2,1-5H3,(H2,30,31,36)/b29-14-/t24-,26-/m0/s1. The molecule has 2 aromatic carbocycles. The van der Waals surface area contributed by atoms with E-state index in [1.807, 2.05) is 45.2 Å². The van der Waals surface area contributed by atoms with Gasteiger partial charge in [-0.15, -0.1) is 0 Å². The quantitative estimate of drug-likeness (QED) is 0.136. The topological polar surface area (TPSA) is 135 Å². The third kappa shape index (κ3) is 5.83. The highest BCUT2D eigenvalue weighted by molar-refractivity contribution is 6.01. The number of hydrazone groups is 1. The minimum absolute atomic E-state index is 0.109. The van der Waals surface area contributed by atoms with E-state index in [9.17, 15) is 14.7 Å². The normalized spacial score (nSPS) is 16.2. The molecule has 4 N–H and O–H groups in total. The summed E-state index contributed by atoms with van der Waals surface area (Å²) in [6, 6.07) is 11.9. The predicted molar refractivity (Wildman–Crippen MR) is 147 cm³/mol. The number of carbonyl (C=O) groups excluding carboxylic acids is 2. The number of nitrogens with one attached hydrogen (secondary N) is 3. The number of aliphatic hydroxyl groups is 1. The van der Waals surface area contributed by atoms with Crippen LogP contribution >= 0.6 is 0 Å². The summed E-state index contributed by atoms with van der Waals surface area (Å²) in [7, 11) is 3.28. The van der Waals surface area contributed by atoms with Gasteiger partial charge in [-0.25, -0.2) is 9.59 Å². The maximum Gasteiger partial charge on any atom is 0.337 e. The zero-order valence-electron chi connectivity index (χ0n) is 22.6. The number of rotatable bonds is 10. The molecule has 2 atom stereocenters. The number of aromatic nitrogens is 1. The number of urea groups is 1. The number of allylic oxidation sites excluding steroid dienone is 1. The molecule has 11 nitrogen and oxygen atoms in total. The molecule has 206 valence electrons. The van der Waals surface area contributed by atoms with Crippen LogP contribution in [0.25, 0.3) is 10.9 Å². The second-order valence-corrected chi connectivity index (χ2v) is 8.99. The number of amides is 2. The summed E-state index contributed by atoms with van der Waals surface area (Å²) in [6.45, 7) is 5.72. The molecule has 39 heavy (non-hydrogen) atoms. The number of carbonyl (C=O) groups is 2. The number of para-hydroxylation sites is 1. The van der Waals surface area contributed by atoms with Gasteiger partial charge < -0.3 is 34.5 Å². The fourth-order valence-electron chi connectivity index (χ4n) is 4.52. The summed E-state index contributed by atoms with van der Waals surface area (Å²) < 4.78 is 18.6. The van der Waals surface area contributed by atoms with Gasteiger partial charge in [-0.05, 0) is 44.5 Å². The van der Waals surface area contributed by atoms with Crippen molar-refractivity contribution < 1.29 is 28.9 Å². The molecule has 0 saturated heterocycles. The summed E-state index contributed by atoms with van der Waals surface area (Å²) >= 11 is 0. The Bertz CT molecular complexity index is 1440. The lowest BCUT2D eigenvalue weighted by atomic mass is 9.95. The molecule has 11 heteroatoms. The number of methoxy groups -OCH3 is 1. The second kappa shape index (κ2) is 11.9. The van der Waals surface area contributed by atoms with Crippen LogP contribution in [0.3, 0.4) is 0 Å². The summed E-state index contributed by atoms with van der Waals surface area (Å²) in [5.41, 5.74) is 7.10.